The zero-order chi connectivity index (χ0) is 15.1. The van der Waals surface area contributed by atoms with Gasteiger partial charge in [-0.3, -0.25) is 4.79 Å². The minimum atomic E-state index is 0.182. The lowest BCUT2D eigenvalue weighted by Crippen LogP contribution is -2.00. The van der Waals surface area contributed by atoms with E-state index in [0.29, 0.717) is 17.9 Å². The summed E-state index contributed by atoms with van der Waals surface area (Å²) in [4.78, 5) is 11.0. The summed E-state index contributed by atoms with van der Waals surface area (Å²) < 4.78 is 16.0. The molecule has 0 unspecified atom stereocenters. The second-order valence-electron chi connectivity index (χ2n) is 4.35. The standard InChI is InChI=1S/C17H18O4/c1-3-20-17-10-13(8-9-14(17)11-18)15-6-4-5-7-16(15)21-12-19-2/h4-11H,3,12H2,1-2H3. The zero-order valence-electron chi connectivity index (χ0n) is 12.2. The molecule has 4 nitrogen and oxygen atoms in total. The predicted molar refractivity (Wildman–Crippen MR) is 80.9 cm³/mol. The average molecular weight is 286 g/mol. The maximum Gasteiger partial charge on any atom is 0.188 e. The summed E-state index contributed by atoms with van der Waals surface area (Å²) in [6, 6.07) is 13.1. The number of hydrogen-bond acceptors (Lipinski definition) is 4. The van der Waals surface area contributed by atoms with Gasteiger partial charge in [-0.1, -0.05) is 24.3 Å². The van der Waals surface area contributed by atoms with E-state index in [4.69, 9.17) is 14.2 Å². The first-order valence-corrected chi connectivity index (χ1v) is 6.73. The van der Waals surface area contributed by atoms with Crippen molar-refractivity contribution in [1.29, 1.82) is 0 Å². The Hall–Kier alpha value is -2.33. The zero-order valence-corrected chi connectivity index (χ0v) is 12.2. The topological polar surface area (TPSA) is 44.8 Å². The van der Waals surface area contributed by atoms with E-state index in [2.05, 4.69) is 0 Å². The quantitative estimate of drug-likeness (QED) is 0.577. The number of methoxy groups -OCH3 is 1. The summed E-state index contributed by atoms with van der Waals surface area (Å²) in [6.07, 6.45) is 0.794. The molecule has 0 heterocycles. The van der Waals surface area contributed by atoms with Crippen molar-refractivity contribution in [2.24, 2.45) is 0 Å². The number of hydrogen-bond donors (Lipinski definition) is 0. The van der Waals surface area contributed by atoms with E-state index in [9.17, 15) is 4.79 Å². The summed E-state index contributed by atoms with van der Waals surface area (Å²) in [7, 11) is 1.58. The molecule has 0 saturated heterocycles. The first-order chi connectivity index (χ1) is 10.3. The second-order valence-corrected chi connectivity index (χ2v) is 4.35. The molecule has 0 amide bonds. The molecule has 0 bridgehead atoms. The van der Waals surface area contributed by atoms with Gasteiger partial charge in [0.05, 0.1) is 12.2 Å². The Morgan fingerprint density at radius 3 is 2.57 bits per heavy atom. The maximum atomic E-state index is 11.0. The normalized spacial score (nSPS) is 10.2. The van der Waals surface area contributed by atoms with Crippen molar-refractivity contribution in [2.75, 3.05) is 20.5 Å². The Morgan fingerprint density at radius 1 is 1.05 bits per heavy atom. The summed E-state index contributed by atoms with van der Waals surface area (Å²) in [6.45, 7) is 2.57. The van der Waals surface area contributed by atoms with Crippen LogP contribution in [0, 0.1) is 0 Å². The predicted octanol–water partition coefficient (Wildman–Crippen LogP) is 3.55. The molecule has 0 aliphatic rings. The van der Waals surface area contributed by atoms with Crippen molar-refractivity contribution in [3.63, 3.8) is 0 Å². The lowest BCUT2D eigenvalue weighted by atomic mass is 10.0. The summed E-state index contributed by atoms with van der Waals surface area (Å²) in [5, 5.41) is 0. The van der Waals surface area contributed by atoms with E-state index >= 15 is 0 Å². The third-order valence-electron chi connectivity index (χ3n) is 2.97. The van der Waals surface area contributed by atoms with E-state index in [1.807, 2.05) is 43.3 Å². The number of carbonyl (C=O) groups excluding carboxylic acids is 1. The molecule has 0 saturated carbocycles. The molecule has 0 aliphatic carbocycles. The van der Waals surface area contributed by atoms with Crippen molar-refractivity contribution in [3.05, 3.63) is 48.0 Å². The van der Waals surface area contributed by atoms with Crippen LogP contribution in [0.3, 0.4) is 0 Å². The summed E-state index contributed by atoms with van der Waals surface area (Å²) in [5.41, 5.74) is 2.39. The van der Waals surface area contributed by atoms with Gasteiger partial charge in [-0.2, -0.15) is 0 Å². The van der Waals surface area contributed by atoms with E-state index in [0.717, 1.165) is 23.2 Å². The van der Waals surface area contributed by atoms with Crippen molar-refractivity contribution < 1.29 is 19.0 Å². The van der Waals surface area contributed by atoms with Crippen LogP contribution >= 0.6 is 0 Å². The summed E-state index contributed by atoms with van der Waals surface area (Å²) >= 11 is 0. The van der Waals surface area contributed by atoms with Crippen molar-refractivity contribution in [2.45, 2.75) is 6.92 Å². The van der Waals surface area contributed by atoms with Crippen LogP contribution in [0.15, 0.2) is 42.5 Å². The largest absolute Gasteiger partial charge is 0.493 e. The SMILES string of the molecule is CCOc1cc(-c2ccccc2OCOC)ccc1C=O. The van der Waals surface area contributed by atoms with Gasteiger partial charge in [-0.15, -0.1) is 0 Å². The van der Waals surface area contributed by atoms with Gasteiger partial charge in [0.15, 0.2) is 13.1 Å². The highest BCUT2D eigenvalue weighted by molar-refractivity contribution is 5.82. The van der Waals surface area contributed by atoms with Crippen LogP contribution in [-0.2, 0) is 4.74 Å². The smallest absolute Gasteiger partial charge is 0.188 e. The molecular formula is C17H18O4. The average Bonchev–Trinajstić information content (AvgIpc) is 2.53. The monoisotopic (exact) mass is 286 g/mol. The van der Waals surface area contributed by atoms with Gasteiger partial charge in [-0.05, 0) is 30.7 Å². The van der Waals surface area contributed by atoms with Crippen molar-refractivity contribution >= 4 is 6.29 Å². The van der Waals surface area contributed by atoms with E-state index < -0.39 is 0 Å². The first-order valence-electron chi connectivity index (χ1n) is 6.73. The fourth-order valence-electron chi connectivity index (χ4n) is 2.03. The van der Waals surface area contributed by atoms with Crippen LogP contribution in [-0.4, -0.2) is 26.8 Å². The molecule has 2 aromatic carbocycles. The molecule has 0 fully saturated rings. The first kappa shape index (κ1) is 15.1. The molecule has 0 atom stereocenters. The maximum absolute atomic E-state index is 11.0. The molecule has 0 radical (unpaired) electrons. The van der Waals surface area contributed by atoms with Gasteiger partial charge in [0.1, 0.15) is 11.5 Å². The van der Waals surface area contributed by atoms with Gasteiger partial charge in [0, 0.05) is 12.7 Å². The van der Waals surface area contributed by atoms with Gasteiger partial charge in [0.25, 0.3) is 0 Å². The van der Waals surface area contributed by atoms with Crippen LogP contribution in [0.5, 0.6) is 11.5 Å². The van der Waals surface area contributed by atoms with Crippen LogP contribution in [0.4, 0.5) is 0 Å². The summed E-state index contributed by atoms with van der Waals surface area (Å²) in [5.74, 6) is 1.30. The van der Waals surface area contributed by atoms with Gasteiger partial charge < -0.3 is 14.2 Å². The molecule has 110 valence electrons. The Morgan fingerprint density at radius 2 is 1.86 bits per heavy atom. The van der Waals surface area contributed by atoms with Gasteiger partial charge in [-0.25, -0.2) is 0 Å². The molecule has 21 heavy (non-hydrogen) atoms. The Bertz CT molecular complexity index is 607. The van der Waals surface area contributed by atoms with Crippen LogP contribution in [0.1, 0.15) is 17.3 Å². The number of rotatable bonds is 7. The Kier molecular flexibility index (Phi) is 5.35. The molecule has 4 heteroatoms. The number of carbonyl (C=O) groups is 1. The number of para-hydroxylation sites is 1. The number of ether oxygens (including phenoxy) is 3. The highest BCUT2D eigenvalue weighted by Crippen LogP contribution is 2.33. The molecule has 0 spiro atoms. The third-order valence-corrected chi connectivity index (χ3v) is 2.97. The van der Waals surface area contributed by atoms with E-state index in [1.54, 1.807) is 13.2 Å². The van der Waals surface area contributed by atoms with Crippen LogP contribution < -0.4 is 9.47 Å². The van der Waals surface area contributed by atoms with Crippen molar-refractivity contribution in [1.82, 2.24) is 0 Å². The van der Waals surface area contributed by atoms with E-state index in [1.165, 1.54) is 0 Å². The molecule has 2 aromatic rings. The molecule has 0 aromatic heterocycles. The van der Waals surface area contributed by atoms with Gasteiger partial charge >= 0.3 is 0 Å². The Labute approximate surface area is 124 Å². The third kappa shape index (κ3) is 3.61. The minimum Gasteiger partial charge on any atom is -0.493 e. The second kappa shape index (κ2) is 7.45. The van der Waals surface area contributed by atoms with Crippen molar-refractivity contribution in [3.8, 4) is 22.6 Å². The minimum absolute atomic E-state index is 0.182. The molecule has 0 aliphatic heterocycles. The number of aldehydes is 1. The Balaban J connectivity index is 2.41. The lowest BCUT2D eigenvalue weighted by molar-refractivity contribution is 0.0515. The molecular weight excluding hydrogens is 268 g/mol. The fourth-order valence-corrected chi connectivity index (χ4v) is 2.03. The number of benzene rings is 2. The lowest BCUT2D eigenvalue weighted by Gasteiger charge is -2.13. The van der Waals surface area contributed by atoms with Gasteiger partial charge in [0.2, 0.25) is 0 Å². The van der Waals surface area contributed by atoms with Crippen LogP contribution in [0.2, 0.25) is 0 Å². The highest BCUT2D eigenvalue weighted by atomic mass is 16.7. The molecule has 2 rings (SSSR count). The fraction of sp³-hybridized carbons (Fsp3) is 0.235. The highest BCUT2D eigenvalue weighted by Gasteiger charge is 2.10. The molecule has 0 N–H and O–H groups in total. The van der Waals surface area contributed by atoms with E-state index in [-0.39, 0.29) is 6.79 Å². The van der Waals surface area contributed by atoms with Crippen LogP contribution in [0.25, 0.3) is 11.1 Å².